The van der Waals surface area contributed by atoms with Crippen LogP contribution in [0.4, 0.5) is 0 Å². The van der Waals surface area contributed by atoms with Gasteiger partial charge in [0.25, 0.3) is 0 Å². The summed E-state index contributed by atoms with van der Waals surface area (Å²) in [5.74, 6) is 0. The minimum absolute atomic E-state index is 0.200. The zero-order chi connectivity index (χ0) is 10.7. The van der Waals surface area contributed by atoms with Gasteiger partial charge in [-0.3, -0.25) is 0 Å². The van der Waals surface area contributed by atoms with Crippen molar-refractivity contribution in [1.82, 2.24) is 0 Å². The molecule has 0 bridgehead atoms. The summed E-state index contributed by atoms with van der Waals surface area (Å²) in [5, 5.41) is 0. The van der Waals surface area contributed by atoms with E-state index >= 15 is 0 Å². The molecule has 2 heteroatoms. The van der Waals surface area contributed by atoms with Gasteiger partial charge in [-0.15, -0.1) is 0 Å². The van der Waals surface area contributed by atoms with Gasteiger partial charge in [-0.2, -0.15) is 0 Å². The Morgan fingerprint density at radius 1 is 1.40 bits per heavy atom. The van der Waals surface area contributed by atoms with E-state index in [1.165, 1.54) is 5.56 Å². The van der Waals surface area contributed by atoms with Gasteiger partial charge in [0.2, 0.25) is 0 Å². The second kappa shape index (κ2) is 4.17. The Kier molecular flexibility index (Phi) is 2.89. The first-order valence-electron chi connectivity index (χ1n) is 5.25. The van der Waals surface area contributed by atoms with E-state index in [2.05, 4.69) is 30.8 Å². The summed E-state index contributed by atoms with van der Waals surface area (Å²) in [7, 11) is 0. The minimum Gasteiger partial charge on any atom is -0.375 e. The van der Waals surface area contributed by atoms with Crippen LogP contribution in [0, 0.1) is 0 Å². The van der Waals surface area contributed by atoms with E-state index in [0.29, 0.717) is 19.8 Å². The SMILES string of the molecule is C=Cc1ccc(C2(OCC)COC2)cc1. The molecule has 2 nitrogen and oxygen atoms in total. The van der Waals surface area contributed by atoms with E-state index in [1.807, 2.05) is 13.0 Å². The van der Waals surface area contributed by atoms with Crippen LogP contribution in [-0.2, 0) is 15.1 Å². The van der Waals surface area contributed by atoms with E-state index < -0.39 is 0 Å². The topological polar surface area (TPSA) is 18.5 Å². The van der Waals surface area contributed by atoms with Crippen molar-refractivity contribution >= 4 is 6.08 Å². The third kappa shape index (κ3) is 1.83. The zero-order valence-corrected chi connectivity index (χ0v) is 9.03. The Hall–Kier alpha value is -1.12. The highest BCUT2D eigenvalue weighted by Crippen LogP contribution is 2.33. The van der Waals surface area contributed by atoms with Gasteiger partial charge < -0.3 is 9.47 Å². The van der Waals surface area contributed by atoms with Crippen LogP contribution in [0.1, 0.15) is 18.1 Å². The Balaban J connectivity index is 2.23. The molecule has 1 aromatic carbocycles. The number of hydrogen-bond donors (Lipinski definition) is 0. The molecule has 0 amide bonds. The number of ether oxygens (including phenoxy) is 2. The molecule has 80 valence electrons. The van der Waals surface area contributed by atoms with Crippen LogP contribution in [0.5, 0.6) is 0 Å². The van der Waals surface area contributed by atoms with Crippen LogP contribution in [0.25, 0.3) is 6.08 Å². The third-order valence-corrected chi connectivity index (χ3v) is 2.76. The summed E-state index contributed by atoms with van der Waals surface area (Å²) >= 11 is 0. The second-order valence-corrected chi connectivity index (χ2v) is 3.75. The fraction of sp³-hybridized carbons (Fsp3) is 0.385. The first-order valence-corrected chi connectivity index (χ1v) is 5.25. The average molecular weight is 204 g/mol. The number of hydrogen-bond acceptors (Lipinski definition) is 2. The van der Waals surface area contributed by atoms with Gasteiger partial charge in [0, 0.05) is 6.61 Å². The predicted molar refractivity (Wildman–Crippen MR) is 60.7 cm³/mol. The van der Waals surface area contributed by atoms with Gasteiger partial charge in [-0.05, 0) is 18.1 Å². The van der Waals surface area contributed by atoms with Crippen LogP contribution >= 0.6 is 0 Å². The van der Waals surface area contributed by atoms with Gasteiger partial charge in [0.15, 0.2) is 0 Å². The lowest BCUT2D eigenvalue weighted by molar-refractivity contribution is -0.214. The maximum atomic E-state index is 5.77. The Morgan fingerprint density at radius 2 is 2.07 bits per heavy atom. The van der Waals surface area contributed by atoms with Gasteiger partial charge >= 0.3 is 0 Å². The summed E-state index contributed by atoms with van der Waals surface area (Å²) in [5.41, 5.74) is 2.13. The Bertz CT molecular complexity index is 336. The number of benzene rings is 1. The summed E-state index contributed by atoms with van der Waals surface area (Å²) in [4.78, 5) is 0. The van der Waals surface area contributed by atoms with Gasteiger partial charge in [-0.1, -0.05) is 36.9 Å². The molecule has 0 radical (unpaired) electrons. The molecular weight excluding hydrogens is 188 g/mol. The molecule has 0 unspecified atom stereocenters. The van der Waals surface area contributed by atoms with Crippen molar-refractivity contribution in [1.29, 1.82) is 0 Å². The fourth-order valence-corrected chi connectivity index (χ4v) is 1.82. The van der Waals surface area contributed by atoms with Crippen molar-refractivity contribution in [2.75, 3.05) is 19.8 Å². The van der Waals surface area contributed by atoms with E-state index in [9.17, 15) is 0 Å². The van der Waals surface area contributed by atoms with Crippen molar-refractivity contribution < 1.29 is 9.47 Å². The summed E-state index contributed by atoms with van der Waals surface area (Å²) in [6.45, 7) is 7.79. The molecule has 2 rings (SSSR count). The molecule has 1 heterocycles. The molecule has 0 aromatic heterocycles. The largest absolute Gasteiger partial charge is 0.375 e. The van der Waals surface area contributed by atoms with E-state index in [4.69, 9.17) is 9.47 Å². The highest BCUT2D eigenvalue weighted by molar-refractivity contribution is 5.48. The average Bonchev–Trinajstić information content (AvgIpc) is 2.24. The lowest BCUT2D eigenvalue weighted by Gasteiger charge is -2.41. The Labute approximate surface area is 90.5 Å². The second-order valence-electron chi connectivity index (χ2n) is 3.75. The lowest BCUT2D eigenvalue weighted by atomic mass is 9.91. The number of rotatable bonds is 4. The highest BCUT2D eigenvalue weighted by Gasteiger charge is 2.41. The quantitative estimate of drug-likeness (QED) is 0.750. The summed E-state index contributed by atoms with van der Waals surface area (Å²) < 4.78 is 11.0. The molecule has 1 aliphatic rings. The summed E-state index contributed by atoms with van der Waals surface area (Å²) in [6.07, 6.45) is 1.84. The first-order chi connectivity index (χ1) is 7.30. The van der Waals surface area contributed by atoms with Crippen molar-refractivity contribution in [3.8, 4) is 0 Å². The molecule has 1 saturated heterocycles. The molecule has 0 N–H and O–H groups in total. The monoisotopic (exact) mass is 204 g/mol. The molecule has 15 heavy (non-hydrogen) atoms. The van der Waals surface area contributed by atoms with Crippen molar-refractivity contribution in [3.63, 3.8) is 0 Å². The van der Waals surface area contributed by atoms with E-state index in [1.54, 1.807) is 0 Å². The van der Waals surface area contributed by atoms with Crippen LogP contribution < -0.4 is 0 Å². The molecule has 1 fully saturated rings. The molecule has 0 spiro atoms. The van der Waals surface area contributed by atoms with Crippen LogP contribution in [0.15, 0.2) is 30.8 Å². The van der Waals surface area contributed by atoms with Gasteiger partial charge in [0.1, 0.15) is 5.60 Å². The molecule has 0 aliphatic carbocycles. The standard InChI is InChI=1S/C13H16O2/c1-3-11-5-7-12(8-6-11)13(15-4-2)9-14-10-13/h3,5-8H,1,4,9-10H2,2H3. The smallest absolute Gasteiger partial charge is 0.139 e. The van der Waals surface area contributed by atoms with Gasteiger partial charge in [0.05, 0.1) is 13.2 Å². The zero-order valence-electron chi connectivity index (χ0n) is 9.03. The van der Waals surface area contributed by atoms with Gasteiger partial charge in [-0.25, -0.2) is 0 Å². The van der Waals surface area contributed by atoms with E-state index in [-0.39, 0.29) is 5.60 Å². The Morgan fingerprint density at radius 3 is 2.47 bits per heavy atom. The molecule has 1 aromatic rings. The third-order valence-electron chi connectivity index (χ3n) is 2.76. The van der Waals surface area contributed by atoms with Crippen molar-refractivity contribution in [3.05, 3.63) is 42.0 Å². The fourth-order valence-electron chi connectivity index (χ4n) is 1.82. The summed E-state index contributed by atoms with van der Waals surface area (Å²) in [6, 6.07) is 8.30. The van der Waals surface area contributed by atoms with E-state index in [0.717, 1.165) is 5.56 Å². The maximum Gasteiger partial charge on any atom is 0.139 e. The van der Waals surface area contributed by atoms with Crippen LogP contribution in [-0.4, -0.2) is 19.8 Å². The van der Waals surface area contributed by atoms with Crippen LogP contribution in [0.3, 0.4) is 0 Å². The molecular formula is C13H16O2. The predicted octanol–water partition coefficient (Wildman–Crippen LogP) is 2.59. The lowest BCUT2D eigenvalue weighted by Crippen LogP contribution is -2.49. The molecule has 0 atom stereocenters. The minimum atomic E-state index is -0.200. The van der Waals surface area contributed by atoms with Crippen molar-refractivity contribution in [2.45, 2.75) is 12.5 Å². The highest BCUT2D eigenvalue weighted by atomic mass is 16.6. The molecule has 0 saturated carbocycles. The van der Waals surface area contributed by atoms with Crippen molar-refractivity contribution in [2.24, 2.45) is 0 Å². The maximum absolute atomic E-state index is 5.77. The first kappa shape index (κ1) is 10.4. The normalized spacial score (nSPS) is 18.2. The van der Waals surface area contributed by atoms with Crippen LogP contribution in [0.2, 0.25) is 0 Å². The molecule has 1 aliphatic heterocycles.